The number of carbonyl (C=O) groups excluding carboxylic acids is 1. The summed E-state index contributed by atoms with van der Waals surface area (Å²) in [5, 5.41) is 9.56. The molecule has 1 atom stereocenters. The predicted octanol–water partition coefficient (Wildman–Crippen LogP) is 4.46. The Labute approximate surface area is 165 Å². The molecule has 0 saturated heterocycles. The second-order valence-electron chi connectivity index (χ2n) is 7.35. The third-order valence-corrected chi connectivity index (χ3v) is 5.43. The number of nitrogens with zero attached hydrogens (tertiary/aromatic N) is 2. The first-order valence-corrected chi connectivity index (χ1v) is 9.66. The zero-order valence-electron chi connectivity index (χ0n) is 16.0. The van der Waals surface area contributed by atoms with Gasteiger partial charge >= 0.3 is 0 Å². The van der Waals surface area contributed by atoms with Crippen molar-refractivity contribution in [1.29, 1.82) is 0 Å². The summed E-state index contributed by atoms with van der Waals surface area (Å²) in [7, 11) is 1.87. The summed E-state index contributed by atoms with van der Waals surface area (Å²) in [4.78, 5) is 19.4. The smallest absolute Gasteiger partial charge is 0.254 e. The third-order valence-electron chi connectivity index (χ3n) is 5.43. The first kappa shape index (κ1) is 18.4. The van der Waals surface area contributed by atoms with Crippen LogP contribution in [0.5, 0.6) is 0 Å². The van der Waals surface area contributed by atoms with Gasteiger partial charge in [0.2, 0.25) is 0 Å². The highest BCUT2D eigenvalue weighted by Crippen LogP contribution is 2.43. The number of amides is 1. The van der Waals surface area contributed by atoms with E-state index in [1.165, 1.54) is 0 Å². The van der Waals surface area contributed by atoms with Gasteiger partial charge in [-0.05, 0) is 59.7 Å². The minimum absolute atomic E-state index is 0.00421. The second kappa shape index (κ2) is 7.95. The zero-order valence-corrected chi connectivity index (χ0v) is 16.0. The first-order chi connectivity index (χ1) is 13.7. The Balaban J connectivity index is 1.58. The highest BCUT2D eigenvalue weighted by atomic mass is 16.3. The Morgan fingerprint density at radius 2 is 1.79 bits per heavy atom. The number of benzene rings is 2. The number of aliphatic hydroxyl groups is 1. The summed E-state index contributed by atoms with van der Waals surface area (Å²) >= 11 is 0. The molecular weight excluding hydrogens is 348 g/mol. The van der Waals surface area contributed by atoms with Crippen LogP contribution in [0.3, 0.4) is 0 Å². The average molecular weight is 372 g/mol. The molecule has 1 amide bonds. The monoisotopic (exact) mass is 372 g/mol. The van der Waals surface area contributed by atoms with Gasteiger partial charge in [-0.1, -0.05) is 42.5 Å². The van der Waals surface area contributed by atoms with Gasteiger partial charge < -0.3 is 10.0 Å². The van der Waals surface area contributed by atoms with Gasteiger partial charge in [-0.15, -0.1) is 0 Å². The standard InChI is InChI=1S/C24H24N2O2/c1-26(23(18-11-12-18)22-8-4-5-15-25-22)24(28)19-13-9-17(10-14-19)21-7-3-2-6-20(21)16-27/h2-10,13-15,18,23,27H,11-12,16H2,1H3. The fourth-order valence-electron chi connectivity index (χ4n) is 3.78. The largest absolute Gasteiger partial charge is 0.392 e. The molecule has 0 spiro atoms. The van der Waals surface area contributed by atoms with Crippen molar-refractivity contribution in [2.24, 2.45) is 5.92 Å². The van der Waals surface area contributed by atoms with Crippen molar-refractivity contribution in [2.75, 3.05) is 7.05 Å². The van der Waals surface area contributed by atoms with Crippen LogP contribution in [0, 0.1) is 5.92 Å². The van der Waals surface area contributed by atoms with Crippen LogP contribution >= 0.6 is 0 Å². The van der Waals surface area contributed by atoms with E-state index < -0.39 is 0 Å². The molecule has 4 heteroatoms. The molecule has 2 aromatic carbocycles. The van der Waals surface area contributed by atoms with Crippen molar-refractivity contribution in [2.45, 2.75) is 25.5 Å². The normalized spacial score (nSPS) is 14.5. The van der Waals surface area contributed by atoms with Crippen LogP contribution in [0.15, 0.2) is 72.9 Å². The molecule has 1 unspecified atom stereocenters. The number of hydrogen-bond acceptors (Lipinski definition) is 3. The first-order valence-electron chi connectivity index (χ1n) is 9.66. The predicted molar refractivity (Wildman–Crippen MR) is 110 cm³/mol. The summed E-state index contributed by atoms with van der Waals surface area (Å²) < 4.78 is 0. The Morgan fingerprint density at radius 3 is 2.43 bits per heavy atom. The molecule has 28 heavy (non-hydrogen) atoms. The van der Waals surface area contributed by atoms with E-state index in [2.05, 4.69) is 4.98 Å². The van der Waals surface area contributed by atoms with Gasteiger partial charge in [0.15, 0.2) is 0 Å². The van der Waals surface area contributed by atoms with E-state index in [4.69, 9.17) is 0 Å². The Morgan fingerprint density at radius 1 is 1.07 bits per heavy atom. The quantitative estimate of drug-likeness (QED) is 0.695. The van der Waals surface area contributed by atoms with Crippen molar-refractivity contribution >= 4 is 5.91 Å². The topological polar surface area (TPSA) is 53.4 Å². The minimum atomic E-state index is -0.00721. The van der Waals surface area contributed by atoms with Crippen LogP contribution in [0.1, 0.15) is 40.5 Å². The van der Waals surface area contributed by atoms with Crippen LogP contribution in [0.2, 0.25) is 0 Å². The van der Waals surface area contributed by atoms with E-state index >= 15 is 0 Å². The van der Waals surface area contributed by atoms with Gasteiger partial charge in [0.25, 0.3) is 5.91 Å². The summed E-state index contributed by atoms with van der Waals surface area (Å²) in [5.41, 5.74) is 4.47. The summed E-state index contributed by atoms with van der Waals surface area (Å²) in [5.74, 6) is 0.490. The lowest BCUT2D eigenvalue weighted by Gasteiger charge is -2.28. The number of hydrogen-bond donors (Lipinski definition) is 1. The minimum Gasteiger partial charge on any atom is -0.392 e. The van der Waals surface area contributed by atoms with E-state index in [1.54, 1.807) is 6.20 Å². The lowest BCUT2D eigenvalue weighted by Crippen LogP contribution is -2.33. The molecule has 0 aliphatic heterocycles. The molecule has 1 aliphatic carbocycles. The molecule has 1 N–H and O–H groups in total. The maximum Gasteiger partial charge on any atom is 0.254 e. The molecular formula is C24H24N2O2. The molecule has 4 nitrogen and oxygen atoms in total. The highest BCUT2D eigenvalue weighted by molar-refractivity contribution is 5.95. The fraction of sp³-hybridized carbons (Fsp3) is 0.250. The number of aliphatic hydroxyl groups excluding tert-OH is 1. The van der Waals surface area contributed by atoms with Crippen molar-refractivity contribution in [3.8, 4) is 11.1 Å². The van der Waals surface area contributed by atoms with E-state index in [0.717, 1.165) is 35.2 Å². The summed E-state index contributed by atoms with van der Waals surface area (Å²) in [6.45, 7) is -0.00721. The number of carbonyl (C=O) groups is 1. The van der Waals surface area contributed by atoms with Gasteiger partial charge in [-0.3, -0.25) is 9.78 Å². The molecule has 1 aromatic heterocycles. The maximum absolute atomic E-state index is 13.1. The number of aromatic nitrogens is 1. The average Bonchev–Trinajstić information content (AvgIpc) is 3.59. The second-order valence-corrected chi connectivity index (χ2v) is 7.35. The van der Waals surface area contributed by atoms with Crippen molar-refractivity contribution in [3.05, 3.63) is 89.7 Å². The lowest BCUT2D eigenvalue weighted by atomic mass is 9.98. The fourth-order valence-corrected chi connectivity index (χ4v) is 3.78. The molecule has 0 radical (unpaired) electrons. The van der Waals surface area contributed by atoms with Crippen molar-refractivity contribution < 1.29 is 9.90 Å². The molecule has 1 fully saturated rings. The molecule has 4 rings (SSSR count). The van der Waals surface area contributed by atoms with Gasteiger partial charge in [0.05, 0.1) is 18.3 Å². The highest BCUT2D eigenvalue weighted by Gasteiger charge is 2.37. The molecule has 142 valence electrons. The SMILES string of the molecule is CN(C(=O)c1ccc(-c2ccccc2CO)cc1)C(c1ccccn1)C1CC1. The Kier molecular flexibility index (Phi) is 5.22. The summed E-state index contributed by atoms with van der Waals surface area (Å²) in [6, 6.07) is 21.3. The molecule has 1 saturated carbocycles. The molecule has 3 aromatic rings. The Bertz CT molecular complexity index is 950. The molecule has 1 aliphatic rings. The van der Waals surface area contributed by atoms with Gasteiger partial charge in [0.1, 0.15) is 0 Å². The van der Waals surface area contributed by atoms with Crippen LogP contribution in [-0.2, 0) is 6.61 Å². The molecule has 0 bridgehead atoms. The van der Waals surface area contributed by atoms with Crippen LogP contribution in [0.4, 0.5) is 0 Å². The van der Waals surface area contributed by atoms with E-state index in [9.17, 15) is 9.90 Å². The van der Waals surface area contributed by atoms with Crippen molar-refractivity contribution in [1.82, 2.24) is 9.88 Å². The van der Waals surface area contributed by atoms with Gasteiger partial charge in [-0.25, -0.2) is 0 Å². The lowest BCUT2D eigenvalue weighted by molar-refractivity contribution is 0.0707. The van der Waals surface area contributed by atoms with E-state index in [1.807, 2.05) is 78.7 Å². The number of rotatable bonds is 6. The van der Waals surface area contributed by atoms with E-state index in [-0.39, 0.29) is 18.6 Å². The van der Waals surface area contributed by atoms with Crippen LogP contribution in [-0.4, -0.2) is 27.9 Å². The summed E-state index contributed by atoms with van der Waals surface area (Å²) in [6.07, 6.45) is 4.06. The maximum atomic E-state index is 13.1. The Hall–Kier alpha value is -2.98. The van der Waals surface area contributed by atoms with Gasteiger partial charge in [-0.2, -0.15) is 0 Å². The molecule has 1 heterocycles. The van der Waals surface area contributed by atoms with Crippen molar-refractivity contribution in [3.63, 3.8) is 0 Å². The van der Waals surface area contributed by atoms with Gasteiger partial charge in [0, 0.05) is 18.8 Å². The van der Waals surface area contributed by atoms with E-state index in [0.29, 0.717) is 11.5 Å². The zero-order chi connectivity index (χ0) is 19.5. The van der Waals surface area contributed by atoms with Crippen LogP contribution < -0.4 is 0 Å². The van der Waals surface area contributed by atoms with Crippen LogP contribution in [0.25, 0.3) is 11.1 Å². The third kappa shape index (κ3) is 3.69. The number of pyridine rings is 1.